The van der Waals surface area contributed by atoms with Crippen LogP contribution in [-0.4, -0.2) is 91.1 Å². The highest BCUT2D eigenvalue weighted by atomic mass is 32.2. The molecule has 47 heavy (non-hydrogen) atoms. The Hall–Kier alpha value is -2.96. The van der Waals surface area contributed by atoms with Crippen LogP contribution in [0.2, 0.25) is 0 Å². The zero-order valence-corrected chi connectivity index (χ0v) is 29.8. The number of fused-ring (bicyclic) bond motifs is 1. The maximum absolute atomic E-state index is 14.4. The van der Waals surface area contributed by atoms with Crippen LogP contribution in [0.15, 0.2) is 12.7 Å². The Kier molecular flexibility index (Phi) is 10.9. The summed E-state index contributed by atoms with van der Waals surface area (Å²) in [6.45, 7) is 15.2. The van der Waals surface area contributed by atoms with Crippen LogP contribution in [0.25, 0.3) is 0 Å². The van der Waals surface area contributed by atoms with E-state index in [2.05, 4.69) is 41.7 Å². The van der Waals surface area contributed by atoms with E-state index in [9.17, 15) is 32.4 Å². The Morgan fingerprint density at radius 2 is 1.66 bits per heavy atom. The molecular formula is C34H55N5O7S. The maximum atomic E-state index is 14.4. The van der Waals surface area contributed by atoms with Crippen molar-refractivity contribution in [3.8, 4) is 0 Å². The second-order valence-electron chi connectivity index (χ2n) is 15.9. The molecule has 0 radical (unpaired) electrons. The molecule has 4 fully saturated rings. The lowest BCUT2D eigenvalue weighted by molar-refractivity contribution is -0.145. The van der Waals surface area contributed by atoms with E-state index < -0.39 is 68.5 Å². The topological polar surface area (TPSA) is 171 Å². The fourth-order valence-electron chi connectivity index (χ4n) is 7.68. The van der Waals surface area contributed by atoms with Gasteiger partial charge in [0.2, 0.25) is 17.6 Å². The Morgan fingerprint density at radius 3 is 2.21 bits per heavy atom. The van der Waals surface area contributed by atoms with Crippen molar-refractivity contribution < 1.29 is 32.4 Å². The molecule has 0 aromatic carbocycles. The van der Waals surface area contributed by atoms with Gasteiger partial charge in [0, 0.05) is 18.8 Å². The molecule has 3 saturated carbocycles. The van der Waals surface area contributed by atoms with Gasteiger partial charge in [-0.15, -0.1) is 6.58 Å². The van der Waals surface area contributed by atoms with Gasteiger partial charge in [-0.05, 0) is 47.8 Å². The zero-order valence-electron chi connectivity index (χ0n) is 28.9. The third-order valence-electron chi connectivity index (χ3n) is 10.8. The summed E-state index contributed by atoms with van der Waals surface area (Å²) in [4.78, 5) is 69.2. The van der Waals surface area contributed by atoms with Gasteiger partial charge in [-0.25, -0.2) is 13.2 Å². The fourth-order valence-corrected chi connectivity index (χ4v) is 9.09. The monoisotopic (exact) mass is 677 g/mol. The van der Waals surface area contributed by atoms with Gasteiger partial charge in [-0.1, -0.05) is 79.7 Å². The minimum absolute atomic E-state index is 0.0230. The number of Topliss-reactive ketones (excluding diaryl/α,β-unsaturated/α-hetero) is 1. The fraction of sp³-hybridized carbons (Fsp3) is 0.794. The third-order valence-corrected chi connectivity index (χ3v) is 12.7. The van der Waals surface area contributed by atoms with E-state index in [4.69, 9.17) is 0 Å². The van der Waals surface area contributed by atoms with E-state index in [1.807, 2.05) is 20.8 Å². The average Bonchev–Trinajstić information content (AvgIpc) is 3.84. The second kappa shape index (κ2) is 13.9. The van der Waals surface area contributed by atoms with Crippen molar-refractivity contribution in [2.75, 3.05) is 24.6 Å². The molecule has 0 bridgehead atoms. The lowest BCUT2D eigenvalue weighted by atomic mass is 9.83. The number of hydrogen-bond acceptors (Lipinski definition) is 7. The van der Waals surface area contributed by atoms with Crippen molar-refractivity contribution in [2.24, 2.45) is 28.6 Å². The molecule has 1 heterocycles. The second-order valence-corrected chi connectivity index (χ2v) is 18.3. The number of carbonyl (C=O) groups is 5. The molecule has 13 heteroatoms. The number of hydrogen-bond donors (Lipinski definition) is 4. The van der Waals surface area contributed by atoms with Crippen LogP contribution in [0.5, 0.6) is 0 Å². The SMILES string of the molecule is C=CCNC(=O)C(=O)C(CC1CC1)NC(=O)[C@@H]1[C@@H]2C(CN1C(=O)[C@@H](NC(=O)NC1(CS(=O)(=O)CC)CCCCC1)C(C)(C)C)C2(C)C. The molecule has 12 nitrogen and oxygen atoms in total. The summed E-state index contributed by atoms with van der Waals surface area (Å²) in [5.41, 5.74) is -1.86. The number of urea groups is 1. The Bertz CT molecular complexity index is 1360. The molecule has 5 amide bonds. The summed E-state index contributed by atoms with van der Waals surface area (Å²) in [7, 11) is -3.38. The summed E-state index contributed by atoms with van der Waals surface area (Å²) in [5, 5.41) is 11.2. The van der Waals surface area contributed by atoms with E-state index >= 15 is 0 Å². The number of nitrogens with one attached hydrogen (secondary N) is 4. The van der Waals surface area contributed by atoms with E-state index in [1.165, 1.54) is 11.0 Å². The molecule has 4 aliphatic rings. The van der Waals surface area contributed by atoms with Gasteiger partial charge in [0.25, 0.3) is 5.91 Å². The summed E-state index contributed by atoms with van der Waals surface area (Å²) in [6, 6.07) is -3.51. The first kappa shape index (κ1) is 36.9. The van der Waals surface area contributed by atoms with Crippen LogP contribution >= 0.6 is 0 Å². The number of nitrogens with zero attached hydrogens (tertiary/aromatic N) is 1. The van der Waals surface area contributed by atoms with E-state index in [1.54, 1.807) is 6.92 Å². The molecule has 5 atom stereocenters. The highest BCUT2D eigenvalue weighted by molar-refractivity contribution is 7.91. The molecule has 1 aliphatic heterocycles. The molecule has 1 saturated heterocycles. The quantitative estimate of drug-likeness (QED) is 0.162. The predicted molar refractivity (Wildman–Crippen MR) is 179 cm³/mol. The summed E-state index contributed by atoms with van der Waals surface area (Å²) in [6.07, 6.45) is 7.29. The number of amides is 5. The van der Waals surface area contributed by atoms with Gasteiger partial charge < -0.3 is 26.2 Å². The Morgan fingerprint density at radius 1 is 1.02 bits per heavy atom. The van der Waals surface area contributed by atoms with Crippen molar-refractivity contribution in [2.45, 2.75) is 117 Å². The molecule has 3 aliphatic carbocycles. The molecule has 4 rings (SSSR count). The number of carbonyl (C=O) groups excluding carboxylic acids is 5. The van der Waals surface area contributed by atoms with Gasteiger partial charge in [0.15, 0.2) is 9.84 Å². The van der Waals surface area contributed by atoms with E-state index in [-0.39, 0.29) is 41.2 Å². The Balaban J connectivity index is 1.54. The highest BCUT2D eigenvalue weighted by Crippen LogP contribution is 2.65. The first-order valence-electron chi connectivity index (χ1n) is 17.2. The first-order valence-corrected chi connectivity index (χ1v) is 19.0. The van der Waals surface area contributed by atoms with Crippen LogP contribution in [0.4, 0.5) is 4.79 Å². The largest absolute Gasteiger partial charge is 0.346 e. The zero-order chi connectivity index (χ0) is 34.9. The van der Waals surface area contributed by atoms with Gasteiger partial charge in [-0.3, -0.25) is 19.2 Å². The van der Waals surface area contributed by atoms with Gasteiger partial charge in [0.05, 0.1) is 17.3 Å². The number of rotatable bonds is 14. The third kappa shape index (κ3) is 8.56. The molecular weight excluding hydrogens is 622 g/mol. The molecule has 0 aromatic heterocycles. The Labute approximate surface area is 279 Å². The minimum Gasteiger partial charge on any atom is -0.346 e. The van der Waals surface area contributed by atoms with Crippen LogP contribution in [-0.2, 0) is 29.0 Å². The van der Waals surface area contributed by atoms with Crippen molar-refractivity contribution in [3.05, 3.63) is 12.7 Å². The van der Waals surface area contributed by atoms with Crippen LogP contribution < -0.4 is 21.3 Å². The summed E-state index contributed by atoms with van der Waals surface area (Å²) in [5.74, 6) is -2.41. The van der Waals surface area contributed by atoms with Gasteiger partial charge >= 0.3 is 6.03 Å². The van der Waals surface area contributed by atoms with E-state index in [0.29, 0.717) is 25.8 Å². The number of ketones is 1. The van der Waals surface area contributed by atoms with Crippen LogP contribution in [0.1, 0.15) is 92.9 Å². The number of likely N-dealkylation sites (tertiary alicyclic amines) is 1. The van der Waals surface area contributed by atoms with Gasteiger partial charge in [-0.2, -0.15) is 0 Å². The average molecular weight is 678 g/mol. The van der Waals surface area contributed by atoms with Crippen LogP contribution in [0.3, 0.4) is 0 Å². The molecule has 0 aromatic rings. The first-order chi connectivity index (χ1) is 21.9. The van der Waals surface area contributed by atoms with E-state index in [0.717, 1.165) is 32.1 Å². The van der Waals surface area contributed by atoms with Crippen molar-refractivity contribution >= 4 is 39.4 Å². The lowest BCUT2D eigenvalue weighted by Gasteiger charge is -2.40. The number of sulfone groups is 1. The number of piperidine rings is 1. The minimum atomic E-state index is -3.38. The summed E-state index contributed by atoms with van der Waals surface area (Å²) < 4.78 is 25.3. The molecule has 264 valence electrons. The smallest absolute Gasteiger partial charge is 0.315 e. The molecule has 2 unspecified atom stereocenters. The normalized spacial score (nSPS) is 25.8. The van der Waals surface area contributed by atoms with Crippen LogP contribution in [0, 0.1) is 28.6 Å². The standard InChI is InChI=1S/C34H55N5O7S/c1-8-17-35-29(42)26(40)23(18-21-13-14-21)36-28(41)25-24-22(33(24,6)7)19-39(25)30(43)27(32(3,4)5)37-31(44)38-34(15-11-10-12-16-34)20-47(45,46)9-2/h8,21-25,27H,1,9-20H2,2-7H3,(H,35,42)(H,36,41)(H2,37,38,44)/t22?,23?,24-,25-,27+/m0/s1. The molecule has 4 N–H and O–H groups in total. The lowest BCUT2D eigenvalue weighted by Crippen LogP contribution is -2.64. The van der Waals surface area contributed by atoms with Crippen molar-refractivity contribution in [1.82, 2.24) is 26.2 Å². The van der Waals surface area contributed by atoms with Crippen molar-refractivity contribution in [1.29, 1.82) is 0 Å². The summed E-state index contributed by atoms with van der Waals surface area (Å²) >= 11 is 0. The highest BCUT2D eigenvalue weighted by Gasteiger charge is 2.70. The molecule has 0 spiro atoms. The van der Waals surface area contributed by atoms with Gasteiger partial charge in [0.1, 0.15) is 12.1 Å². The maximum Gasteiger partial charge on any atom is 0.315 e. The predicted octanol–water partition coefficient (Wildman–Crippen LogP) is 2.48. The van der Waals surface area contributed by atoms with Crippen molar-refractivity contribution in [3.63, 3.8) is 0 Å².